The smallest absolute Gasteiger partial charge is 0.254 e. The molecule has 6 heteroatoms. The Bertz CT molecular complexity index is 1060. The lowest BCUT2D eigenvalue weighted by atomic mass is 10.00. The lowest BCUT2D eigenvalue weighted by Gasteiger charge is -2.40. The average molecular weight is 428 g/mol. The van der Waals surface area contributed by atoms with Gasteiger partial charge in [0.25, 0.3) is 5.91 Å². The second-order valence-electron chi connectivity index (χ2n) is 8.73. The third-order valence-electron chi connectivity index (χ3n) is 6.50. The fraction of sp³-hybridized carbons (Fsp3) is 0.346. The molecule has 2 aliphatic rings. The standard InChI is InChI=1S/C26H29N5O/c1-29-14-15-31(24(19-29)20-8-3-2-4-9-20)25(32)22-11-7-10-21(16-22)23-17-27-26(28-18-23)30-12-5-6-13-30/h2-4,7-11,16-18,24H,5-6,12-15,19H2,1H3. The third-order valence-corrected chi connectivity index (χ3v) is 6.50. The topological polar surface area (TPSA) is 52.6 Å². The first-order valence-electron chi connectivity index (χ1n) is 11.4. The van der Waals surface area contributed by atoms with Crippen molar-refractivity contribution < 1.29 is 4.79 Å². The molecule has 3 heterocycles. The lowest BCUT2D eigenvalue weighted by Crippen LogP contribution is -2.49. The fourth-order valence-electron chi connectivity index (χ4n) is 4.67. The number of carbonyl (C=O) groups is 1. The van der Waals surface area contributed by atoms with Crippen molar-refractivity contribution in [2.45, 2.75) is 18.9 Å². The minimum atomic E-state index is 0.0502. The number of hydrogen-bond acceptors (Lipinski definition) is 5. The minimum Gasteiger partial charge on any atom is -0.341 e. The number of hydrogen-bond donors (Lipinski definition) is 0. The van der Waals surface area contributed by atoms with Gasteiger partial charge in [0.15, 0.2) is 0 Å². The summed E-state index contributed by atoms with van der Waals surface area (Å²) in [4.78, 5) is 29.2. The summed E-state index contributed by atoms with van der Waals surface area (Å²) in [6.07, 6.45) is 6.14. The van der Waals surface area contributed by atoms with Crippen LogP contribution in [-0.4, -0.2) is 65.4 Å². The Kier molecular flexibility index (Phi) is 5.86. The number of piperazine rings is 1. The summed E-state index contributed by atoms with van der Waals surface area (Å²) in [5.74, 6) is 0.866. The van der Waals surface area contributed by atoms with E-state index >= 15 is 0 Å². The quantitative estimate of drug-likeness (QED) is 0.633. The predicted octanol–water partition coefficient (Wildman–Crippen LogP) is 3.87. The second-order valence-corrected chi connectivity index (χ2v) is 8.73. The molecule has 1 unspecified atom stereocenters. The van der Waals surface area contributed by atoms with Gasteiger partial charge in [0, 0.05) is 56.2 Å². The molecule has 0 N–H and O–H groups in total. The summed E-state index contributed by atoms with van der Waals surface area (Å²) in [6.45, 7) is 4.47. The molecule has 0 bridgehead atoms. The van der Waals surface area contributed by atoms with Crippen molar-refractivity contribution >= 4 is 11.9 Å². The lowest BCUT2D eigenvalue weighted by molar-refractivity contribution is 0.0498. The number of rotatable bonds is 4. The van der Waals surface area contributed by atoms with Gasteiger partial charge in [-0.05, 0) is 43.1 Å². The van der Waals surface area contributed by atoms with Crippen LogP contribution in [0.1, 0.15) is 34.8 Å². The van der Waals surface area contributed by atoms with Crippen molar-refractivity contribution in [3.05, 3.63) is 78.1 Å². The highest BCUT2D eigenvalue weighted by Gasteiger charge is 2.30. The molecule has 0 saturated carbocycles. The van der Waals surface area contributed by atoms with Gasteiger partial charge in [-0.25, -0.2) is 9.97 Å². The Labute approximate surface area is 189 Å². The van der Waals surface area contributed by atoms with Crippen molar-refractivity contribution in [2.24, 2.45) is 0 Å². The van der Waals surface area contributed by atoms with Gasteiger partial charge in [-0.15, -0.1) is 0 Å². The average Bonchev–Trinajstić information content (AvgIpc) is 3.39. The summed E-state index contributed by atoms with van der Waals surface area (Å²) in [7, 11) is 2.12. The van der Waals surface area contributed by atoms with Crippen molar-refractivity contribution in [1.82, 2.24) is 19.8 Å². The monoisotopic (exact) mass is 427 g/mol. The van der Waals surface area contributed by atoms with Gasteiger partial charge in [0.2, 0.25) is 5.95 Å². The zero-order valence-corrected chi connectivity index (χ0v) is 18.5. The Balaban J connectivity index is 1.39. The SMILES string of the molecule is CN1CCN(C(=O)c2cccc(-c3cnc(N4CCCC4)nc3)c2)C(c2ccccc2)C1. The highest BCUT2D eigenvalue weighted by atomic mass is 16.2. The van der Waals surface area contributed by atoms with Gasteiger partial charge in [-0.2, -0.15) is 0 Å². The Morgan fingerprint density at radius 1 is 0.875 bits per heavy atom. The van der Waals surface area contributed by atoms with E-state index in [2.05, 4.69) is 38.9 Å². The van der Waals surface area contributed by atoms with E-state index < -0.39 is 0 Å². The van der Waals surface area contributed by atoms with Gasteiger partial charge in [-0.1, -0.05) is 42.5 Å². The molecule has 2 aromatic carbocycles. The van der Waals surface area contributed by atoms with E-state index in [-0.39, 0.29) is 11.9 Å². The van der Waals surface area contributed by atoms with E-state index in [0.29, 0.717) is 12.1 Å². The molecule has 0 radical (unpaired) electrons. The molecule has 5 rings (SSSR count). The van der Waals surface area contributed by atoms with Crippen molar-refractivity contribution in [3.8, 4) is 11.1 Å². The number of anilines is 1. The molecule has 1 atom stereocenters. The van der Waals surface area contributed by atoms with Crippen LogP contribution in [0.15, 0.2) is 67.0 Å². The van der Waals surface area contributed by atoms with Crippen LogP contribution >= 0.6 is 0 Å². The Morgan fingerprint density at radius 2 is 1.62 bits per heavy atom. The maximum Gasteiger partial charge on any atom is 0.254 e. The molecule has 0 spiro atoms. The van der Waals surface area contributed by atoms with Crippen molar-refractivity contribution in [2.75, 3.05) is 44.7 Å². The van der Waals surface area contributed by atoms with E-state index in [1.165, 1.54) is 18.4 Å². The molecule has 2 saturated heterocycles. The predicted molar refractivity (Wildman–Crippen MR) is 127 cm³/mol. The molecule has 2 aliphatic heterocycles. The Hall–Kier alpha value is -3.25. The van der Waals surface area contributed by atoms with Crippen LogP contribution in [0.4, 0.5) is 5.95 Å². The van der Waals surface area contributed by atoms with Crippen LogP contribution in [0.25, 0.3) is 11.1 Å². The first kappa shape index (κ1) is 20.6. The molecule has 164 valence electrons. The largest absolute Gasteiger partial charge is 0.341 e. The normalized spacial score (nSPS) is 19.3. The van der Waals surface area contributed by atoms with Crippen molar-refractivity contribution in [1.29, 1.82) is 0 Å². The van der Waals surface area contributed by atoms with Crippen molar-refractivity contribution in [3.63, 3.8) is 0 Å². The molecule has 6 nitrogen and oxygen atoms in total. The van der Waals surface area contributed by atoms with E-state index in [1.54, 1.807) is 0 Å². The molecule has 1 aromatic heterocycles. The summed E-state index contributed by atoms with van der Waals surface area (Å²) in [6, 6.07) is 18.2. The zero-order valence-electron chi connectivity index (χ0n) is 18.5. The molecular weight excluding hydrogens is 398 g/mol. The van der Waals surface area contributed by atoms with Gasteiger partial charge in [0.1, 0.15) is 0 Å². The van der Waals surface area contributed by atoms with E-state index in [4.69, 9.17) is 0 Å². The minimum absolute atomic E-state index is 0.0502. The molecule has 32 heavy (non-hydrogen) atoms. The highest BCUT2D eigenvalue weighted by Crippen LogP contribution is 2.28. The fourth-order valence-corrected chi connectivity index (χ4v) is 4.67. The van der Waals surface area contributed by atoms with Crippen LogP contribution < -0.4 is 4.90 Å². The maximum atomic E-state index is 13.6. The molecular formula is C26H29N5O. The van der Waals surface area contributed by atoms with Gasteiger partial charge in [-0.3, -0.25) is 4.79 Å². The first-order chi connectivity index (χ1) is 15.7. The molecule has 1 amide bonds. The summed E-state index contributed by atoms with van der Waals surface area (Å²) in [5, 5.41) is 0. The van der Waals surface area contributed by atoms with Crippen LogP contribution in [0.3, 0.4) is 0 Å². The maximum absolute atomic E-state index is 13.6. The summed E-state index contributed by atoms with van der Waals surface area (Å²) in [5.41, 5.74) is 3.78. The number of likely N-dealkylation sites (N-methyl/N-ethyl adjacent to an activating group) is 1. The number of aromatic nitrogens is 2. The highest BCUT2D eigenvalue weighted by molar-refractivity contribution is 5.95. The van der Waals surface area contributed by atoms with E-state index in [9.17, 15) is 4.79 Å². The van der Waals surface area contributed by atoms with Crippen LogP contribution in [0.5, 0.6) is 0 Å². The number of amides is 1. The number of benzene rings is 2. The van der Waals surface area contributed by atoms with Crippen LogP contribution in [0, 0.1) is 0 Å². The zero-order chi connectivity index (χ0) is 21.9. The van der Waals surface area contributed by atoms with E-state index in [0.717, 1.165) is 43.3 Å². The molecule has 2 fully saturated rings. The van der Waals surface area contributed by atoms with Gasteiger partial charge < -0.3 is 14.7 Å². The molecule has 3 aromatic rings. The summed E-state index contributed by atoms with van der Waals surface area (Å²) >= 11 is 0. The van der Waals surface area contributed by atoms with Gasteiger partial charge in [0.05, 0.1) is 6.04 Å². The third kappa shape index (κ3) is 4.23. The van der Waals surface area contributed by atoms with Gasteiger partial charge >= 0.3 is 0 Å². The molecule has 0 aliphatic carbocycles. The summed E-state index contributed by atoms with van der Waals surface area (Å²) < 4.78 is 0. The first-order valence-corrected chi connectivity index (χ1v) is 11.4. The Morgan fingerprint density at radius 3 is 2.38 bits per heavy atom. The second kappa shape index (κ2) is 9.09. The van der Waals surface area contributed by atoms with E-state index in [1.807, 2.05) is 59.8 Å². The number of nitrogens with zero attached hydrogens (tertiary/aromatic N) is 5. The number of carbonyl (C=O) groups excluding carboxylic acids is 1. The van der Waals surface area contributed by atoms with Crippen LogP contribution in [0.2, 0.25) is 0 Å². The van der Waals surface area contributed by atoms with Crippen LogP contribution in [-0.2, 0) is 0 Å².